The molecule has 0 saturated carbocycles. The minimum absolute atomic E-state index is 0.194. The van der Waals surface area contributed by atoms with Crippen LogP contribution in [0.15, 0.2) is 30.5 Å². The number of amides is 1. The molecule has 1 saturated heterocycles. The van der Waals surface area contributed by atoms with E-state index in [1.807, 2.05) is 6.92 Å². The van der Waals surface area contributed by atoms with Crippen LogP contribution in [0.5, 0.6) is 5.75 Å². The van der Waals surface area contributed by atoms with Crippen LogP contribution in [0.3, 0.4) is 0 Å². The summed E-state index contributed by atoms with van der Waals surface area (Å²) >= 11 is 0. The van der Waals surface area contributed by atoms with Gasteiger partial charge in [0.15, 0.2) is 0 Å². The van der Waals surface area contributed by atoms with Gasteiger partial charge >= 0.3 is 0 Å². The summed E-state index contributed by atoms with van der Waals surface area (Å²) in [4.78, 5) is 23.2. The summed E-state index contributed by atoms with van der Waals surface area (Å²) in [7, 11) is 0. The molecule has 0 aliphatic carbocycles. The molecule has 132 valence electrons. The van der Waals surface area contributed by atoms with Crippen molar-refractivity contribution in [1.82, 2.24) is 9.97 Å². The number of rotatable bonds is 5. The fourth-order valence-electron chi connectivity index (χ4n) is 2.81. The molecule has 1 fully saturated rings. The lowest BCUT2D eigenvalue weighted by Crippen LogP contribution is -2.31. The van der Waals surface area contributed by atoms with Crippen LogP contribution < -0.4 is 20.7 Å². The van der Waals surface area contributed by atoms with Crippen molar-refractivity contribution < 1.29 is 9.53 Å². The Labute approximate surface area is 147 Å². The van der Waals surface area contributed by atoms with Crippen LogP contribution in [0.4, 0.5) is 17.5 Å². The number of carbonyl (C=O) groups excluding carboxylic acids is 1. The van der Waals surface area contributed by atoms with Gasteiger partial charge in [0.25, 0.3) is 5.91 Å². The van der Waals surface area contributed by atoms with Crippen LogP contribution in [-0.2, 0) is 0 Å². The van der Waals surface area contributed by atoms with E-state index in [1.165, 1.54) is 12.6 Å². The molecule has 2 aromatic rings. The summed E-state index contributed by atoms with van der Waals surface area (Å²) in [6, 6.07) is 7.17. The number of ether oxygens (including phenoxy) is 1. The lowest BCUT2D eigenvalue weighted by molar-refractivity contribution is 0.102. The third-order valence-corrected chi connectivity index (χ3v) is 4.11. The Morgan fingerprint density at radius 2 is 1.96 bits per heavy atom. The first-order chi connectivity index (χ1) is 12.2. The van der Waals surface area contributed by atoms with Crippen molar-refractivity contribution in [3.8, 4) is 5.75 Å². The average molecular weight is 341 g/mol. The smallest absolute Gasteiger partial charge is 0.260 e. The van der Waals surface area contributed by atoms with Gasteiger partial charge in [0.1, 0.15) is 17.1 Å². The van der Waals surface area contributed by atoms with Crippen molar-refractivity contribution >= 4 is 23.4 Å². The van der Waals surface area contributed by atoms with E-state index >= 15 is 0 Å². The Morgan fingerprint density at radius 3 is 2.60 bits per heavy atom. The number of nitrogens with two attached hydrogens (primary N) is 1. The number of nitrogens with one attached hydrogen (secondary N) is 1. The van der Waals surface area contributed by atoms with Gasteiger partial charge in [-0.3, -0.25) is 4.79 Å². The number of hydrogen-bond acceptors (Lipinski definition) is 6. The molecule has 1 aromatic carbocycles. The highest BCUT2D eigenvalue weighted by Gasteiger charge is 2.17. The standard InChI is InChI=1S/C18H23N5O2/c1-2-25-14-8-6-13(7-9-14)21-17(24)15-12-20-18(22-16(15)19)23-10-4-3-5-11-23/h6-9,12H,2-5,10-11H2,1H3,(H,21,24)(H2,19,20,22). The Hall–Kier alpha value is -2.83. The number of aromatic nitrogens is 2. The first-order valence-electron chi connectivity index (χ1n) is 8.59. The van der Waals surface area contributed by atoms with Crippen molar-refractivity contribution in [3.63, 3.8) is 0 Å². The van der Waals surface area contributed by atoms with Crippen molar-refractivity contribution in [1.29, 1.82) is 0 Å². The molecule has 0 radical (unpaired) electrons. The van der Waals surface area contributed by atoms with Crippen molar-refractivity contribution in [2.45, 2.75) is 26.2 Å². The lowest BCUT2D eigenvalue weighted by Gasteiger charge is -2.26. The molecule has 2 heterocycles. The van der Waals surface area contributed by atoms with Crippen LogP contribution in [0, 0.1) is 0 Å². The number of nitrogens with zero attached hydrogens (tertiary/aromatic N) is 3. The summed E-state index contributed by atoms with van der Waals surface area (Å²) in [5, 5.41) is 2.80. The van der Waals surface area contributed by atoms with Gasteiger partial charge in [-0.05, 0) is 50.5 Å². The monoisotopic (exact) mass is 341 g/mol. The van der Waals surface area contributed by atoms with Crippen LogP contribution in [0.1, 0.15) is 36.5 Å². The second-order valence-electron chi connectivity index (χ2n) is 5.93. The van der Waals surface area contributed by atoms with Gasteiger partial charge in [0, 0.05) is 25.0 Å². The minimum Gasteiger partial charge on any atom is -0.494 e. The zero-order valence-electron chi connectivity index (χ0n) is 14.4. The molecule has 0 bridgehead atoms. The maximum atomic E-state index is 12.4. The zero-order valence-corrected chi connectivity index (χ0v) is 14.4. The summed E-state index contributed by atoms with van der Waals surface area (Å²) in [5.74, 6) is 1.22. The quantitative estimate of drug-likeness (QED) is 0.868. The molecule has 3 rings (SSSR count). The topological polar surface area (TPSA) is 93.4 Å². The fourth-order valence-corrected chi connectivity index (χ4v) is 2.81. The third-order valence-electron chi connectivity index (χ3n) is 4.11. The SMILES string of the molecule is CCOc1ccc(NC(=O)c2cnc(N3CCCCC3)nc2N)cc1. The van der Waals surface area contributed by atoms with E-state index in [0.29, 0.717) is 18.2 Å². The van der Waals surface area contributed by atoms with Gasteiger partial charge < -0.3 is 20.7 Å². The highest BCUT2D eigenvalue weighted by Crippen LogP contribution is 2.20. The van der Waals surface area contributed by atoms with E-state index in [4.69, 9.17) is 10.5 Å². The van der Waals surface area contributed by atoms with Gasteiger partial charge in [-0.25, -0.2) is 4.98 Å². The van der Waals surface area contributed by atoms with E-state index in [2.05, 4.69) is 20.2 Å². The maximum Gasteiger partial charge on any atom is 0.260 e. The Kier molecular flexibility index (Phi) is 5.33. The number of anilines is 3. The first-order valence-corrected chi connectivity index (χ1v) is 8.59. The molecule has 7 nitrogen and oxygen atoms in total. The van der Waals surface area contributed by atoms with E-state index in [-0.39, 0.29) is 17.3 Å². The van der Waals surface area contributed by atoms with Gasteiger partial charge in [0.05, 0.1) is 6.61 Å². The number of benzene rings is 1. The summed E-state index contributed by atoms with van der Waals surface area (Å²) in [5.41, 5.74) is 6.92. The van der Waals surface area contributed by atoms with E-state index in [9.17, 15) is 4.79 Å². The highest BCUT2D eigenvalue weighted by molar-refractivity contribution is 6.07. The second-order valence-corrected chi connectivity index (χ2v) is 5.93. The van der Waals surface area contributed by atoms with E-state index < -0.39 is 0 Å². The molecule has 7 heteroatoms. The van der Waals surface area contributed by atoms with Gasteiger partial charge in [-0.15, -0.1) is 0 Å². The van der Waals surface area contributed by atoms with Crippen LogP contribution in [0.2, 0.25) is 0 Å². The average Bonchev–Trinajstić information content (AvgIpc) is 2.64. The largest absolute Gasteiger partial charge is 0.494 e. The van der Waals surface area contributed by atoms with Crippen molar-refractivity contribution in [3.05, 3.63) is 36.0 Å². The van der Waals surface area contributed by atoms with Crippen molar-refractivity contribution in [2.75, 3.05) is 35.6 Å². The molecule has 1 amide bonds. The molecule has 25 heavy (non-hydrogen) atoms. The van der Waals surface area contributed by atoms with Gasteiger partial charge in [-0.1, -0.05) is 0 Å². The molecule has 1 aliphatic rings. The molecule has 0 unspecified atom stereocenters. The van der Waals surface area contributed by atoms with Crippen LogP contribution in [0.25, 0.3) is 0 Å². The van der Waals surface area contributed by atoms with E-state index in [1.54, 1.807) is 24.3 Å². The molecule has 1 aromatic heterocycles. The maximum absolute atomic E-state index is 12.4. The molecular formula is C18H23N5O2. The number of carbonyl (C=O) groups is 1. The van der Waals surface area contributed by atoms with Crippen molar-refractivity contribution in [2.24, 2.45) is 0 Å². The molecule has 1 aliphatic heterocycles. The minimum atomic E-state index is -0.327. The first kappa shape index (κ1) is 17.0. The highest BCUT2D eigenvalue weighted by atomic mass is 16.5. The summed E-state index contributed by atoms with van der Waals surface area (Å²) in [6.45, 7) is 4.38. The Bertz CT molecular complexity index is 727. The van der Waals surface area contributed by atoms with Gasteiger partial charge in [-0.2, -0.15) is 4.98 Å². The van der Waals surface area contributed by atoms with Crippen LogP contribution in [-0.4, -0.2) is 35.6 Å². The molecule has 0 spiro atoms. The van der Waals surface area contributed by atoms with E-state index in [0.717, 1.165) is 31.7 Å². The predicted octanol–water partition coefficient (Wildman–Crippen LogP) is 2.70. The number of piperidine rings is 1. The molecule has 3 N–H and O–H groups in total. The third kappa shape index (κ3) is 4.17. The fraction of sp³-hybridized carbons (Fsp3) is 0.389. The zero-order chi connectivity index (χ0) is 17.6. The second kappa shape index (κ2) is 7.83. The van der Waals surface area contributed by atoms with Gasteiger partial charge in [0.2, 0.25) is 5.95 Å². The Balaban J connectivity index is 1.69. The lowest BCUT2D eigenvalue weighted by atomic mass is 10.1. The summed E-state index contributed by atoms with van der Waals surface area (Å²) < 4.78 is 5.38. The normalized spacial score (nSPS) is 14.2. The molecular weight excluding hydrogens is 318 g/mol. The number of hydrogen-bond donors (Lipinski definition) is 2. The predicted molar refractivity (Wildman–Crippen MR) is 98.1 cm³/mol. The number of nitrogen functional groups attached to an aromatic ring is 1. The molecule has 0 atom stereocenters. The summed E-state index contributed by atoms with van der Waals surface area (Å²) in [6.07, 6.45) is 4.98. The van der Waals surface area contributed by atoms with Crippen LogP contribution >= 0.6 is 0 Å². The Morgan fingerprint density at radius 1 is 1.24 bits per heavy atom.